The highest BCUT2D eigenvalue weighted by Gasteiger charge is 2.01. The van der Waals surface area contributed by atoms with Gasteiger partial charge >= 0.3 is 0 Å². The van der Waals surface area contributed by atoms with Crippen molar-refractivity contribution >= 4 is 28.3 Å². The van der Waals surface area contributed by atoms with Gasteiger partial charge in [-0.05, 0) is 19.3 Å². The fourth-order valence-corrected chi connectivity index (χ4v) is 2.25. The SMILES string of the molecule is CCCc1nsc(NCCCCCCCl)n1. The van der Waals surface area contributed by atoms with Crippen molar-refractivity contribution in [2.24, 2.45) is 0 Å². The molecule has 0 atom stereocenters. The predicted octanol–water partition coefficient (Wildman–Crippen LogP) is 3.70. The lowest BCUT2D eigenvalue weighted by Gasteiger charge is -2.01. The van der Waals surface area contributed by atoms with E-state index in [0.29, 0.717) is 0 Å². The summed E-state index contributed by atoms with van der Waals surface area (Å²) in [6.45, 7) is 3.13. The maximum Gasteiger partial charge on any atom is 0.202 e. The molecule has 1 aromatic heterocycles. The molecule has 0 aliphatic heterocycles. The first-order chi connectivity index (χ1) is 7.86. The van der Waals surface area contributed by atoms with Crippen LogP contribution in [0.4, 0.5) is 5.13 Å². The van der Waals surface area contributed by atoms with Crippen LogP contribution in [0.5, 0.6) is 0 Å². The van der Waals surface area contributed by atoms with Gasteiger partial charge in [0, 0.05) is 30.4 Å². The van der Waals surface area contributed by atoms with E-state index in [1.165, 1.54) is 30.8 Å². The number of halogens is 1. The van der Waals surface area contributed by atoms with Crippen molar-refractivity contribution in [1.82, 2.24) is 9.36 Å². The van der Waals surface area contributed by atoms with E-state index in [4.69, 9.17) is 11.6 Å². The minimum Gasteiger partial charge on any atom is -0.360 e. The summed E-state index contributed by atoms with van der Waals surface area (Å²) >= 11 is 7.07. The Morgan fingerprint density at radius 1 is 1.25 bits per heavy atom. The van der Waals surface area contributed by atoms with Crippen molar-refractivity contribution in [2.75, 3.05) is 17.7 Å². The molecule has 0 saturated heterocycles. The maximum absolute atomic E-state index is 5.61. The lowest BCUT2D eigenvalue weighted by molar-refractivity contribution is 0.687. The summed E-state index contributed by atoms with van der Waals surface area (Å²) in [4.78, 5) is 4.41. The van der Waals surface area contributed by atoms with Gasteiger partial charge in [-0.3, -0.25) is 0 Å². The largest absolute Gasteiger partial charge is 0.360 e. The lowest BCUT2D eigenvalue weighted by Crippen LogP contribution is -2.01. The minimum atomic E-state index is 0.782. The van der Waals surface area contributed by atoms with Crippen LogP contribution in [0.1, 0.15) is 44.9 Å². The smallest absolute Gasteiger partial charge is 0.202 e. The van der Waals surface area contributed by atoms with Gasteiger partial charge in [-0.25, -0.2) is 4.98 Å². The fraction of sp³-hybridized carbons (Fsp3) is 0.818. The second kappa shape index (κ2) is 8.76. The van der Waals surface area contributed by atoms with Gasteiger partial charge in [-0.15, -0.1) is 11.6 Å². The summed E-state index contributed by atoms with van der Waals surface area (Å²) in [6.07, 6.45) is 6.85. The second-order valence-corrected chi connectivity index (χ2v) is 4.93. The van der Waals surface area contributed by atoms with Gasteiger partial charge < -0.3 is 5.32 Å². The Kier molecular flexibility index (Phi) is 7.51. The van der Waals surface area contributed by atoms with Crippen LogP contribution >= 0.6 is 23.1 Å². The molecule has 0 aromatic carbocycles. The second-order valence-electron chi connectivity index (χ2n) is 3.80. The van der Waals surface area contributed by atoms with Gasteiger partial charge in [0.2, 0.25) is 5.13 Å². The average molecular weight is 262 g/mol. The fourth-order valence-electron chi connectivity index (χ4n) is 1.42. The summed E-state index contributed by atoms with van der Waals surface area (Å²) in [5.74, 6) is 1.75. The molecule has 1 rings (SSSR count). The number of unbranched alkanes of at least 4 members (excludes halogenated alkanes) is 3. The summed E-state index contributed by atoms with van der Waals surface area (Å²) in [7, 11) is 0. The van der Waals surface area contributed by atoms with E-state index < -0.39 is 0 Å². The van der Waals surface area contributed by atoms with Crippen molar-refractivity contribution < 1.29 is 0 Å². The average Bonchev–Trinajstić information content (AvgIpc) is 2.72. The van der Waals surface area contributed by atoms with Crippen molar-refractivity contribution in [3.05, 3.63) is 5.82 Å². The predicted molar refractivity (Wildman–Crippen MR) is 71.6 cm³/mol. The van der Waals surface area contributed by atoms with Gasteiger partial charge in [-0.1, -0.05) is 19.8 Å². The van der Waals surface area contributed by atoms with Crippen molar-refractivity contribution in [2.45, 2.75) is 45.4 Å². The van der Waals surface area contributed by atoms with Crippen LogP contribution in [-0.4, -0.2) is 21.8 Å². The molecule has 0 fully saturated rings. The third kappa shape index (κ3) is 5.66. The van der Waals surface area contributed by atoms with Crippen LogP contribution < -0.4 is 5.32 Å². The van der Waals surface area contributed by atoms with Crippen LogP contribution in [0.25, 0.3) is 0 Å². The Balaban J connectivity index is 2.07. The third-order valence-corrected chi connectivity index (χ3v) is 3.26. The quantitative estimate of drug-likeness (QED) is 0.544. The lowest BCUT2D eigenvalue weighted by atomic mass is 10.2. The molecule has 16 heavy (non-hydrogen) atoms. The summed E-state index contributed by atoms with van der Waals surface area (Å²) in [5, 5.41) is 4.27. The van der Waals surface area contributed by atoms with Crippen molar-refractivity contribution in [1.29, 1.82) is 0 Å². The van der Waals surface area contributed by atoms with Gasteiger partial charge in [0.1, 0.15) is 5.82 Å². The van der Waals surface area contributed by atoms with Crippen LogP contribution in [0.15, 0.2) is 0 Å². The molecule has 0 bridgehead atoms. The monoisotopic (exact) mass is 261 g/mol. The van der Waals surface area contributed by atoms with Crippen molar-refractivity contribution in [3.63, 3.8) is 0 Å². The Morgan fingerprint density at radius 2 is 2.06 bits per heavy atom. The summed E-state index contributed by atoms with van der Waals surface area (Å²) in [5.41, 5.74) is 0. The highest BCUT2D eigenvalue weighted by molar-refractivity contribution is 7.09. The van der Waals surface area contributed by atoms with Gasteiger partial charge in [0.25, 0.3) is 0 Å². The topological polar surface area (TPSA) is 37.8 Å². The Morgan fingerprint density at radius 3 is 2.81 bits per heavy atom. The molecule has 0 aliphatic rings. The van der Waals surface area contributed by atoms with Gasteiger partial charge in [0.15, 0.2) is 0 Å². The molecular formula is C11H20ClN3S. The molecule has 3 nitrogen and oxygen atoms in total. The van der Waals surface area contributed by atoms with Gasteiger partial charge in [0.05, 0.1) is 0 Å². The first-order valence-corrected chi connectivity index (χ1v) is 7.30. The molecule has 0 unspecified atom stereocenters. The number of hydrogen-bond donors (Lipinski definition) is 1. The number of aryl methyl sites for hydroxylation is 1. The zero-order valence-electron chi connectivity index (χ0n) is 9.84. The van der Waals surface area contributed by atoms with E-state index in [0.717, 1.165) is 42.6 Å². The number of nitrogens with one attached hydrogen (secondary N) is 1. The van der Waals surface area contributed by atoms with Crippen LogP contribution in [-0.2, 0) is 6.42 Å². The molecule has 5 heteroatoms. The number of anilines is 1. The van der Waals surface area contributed by atoms with E-state index in [1.807, 2.05) is 0 Å². The highest BCUT2D eigenvalue weighted by Crippen LogP contribution is 2.12. The number of nitrogens with zero attached hydrogens (tertiary/aromatic N) is 2. The zero-order valence-corrected chi connectivity index (χ0v) is 11.4. The third-order valence-electron chi connectivity index (χ3n) is 2.28. The summed E-state index contributed by atoms with van der Waals surface area (Å²) in [6, 6.07) is 0. The van der Waals surface area contributed by atoms with E-state index in [2.05, 4.69) is 21.6 Å². The Bertz CT molecular complexity index is 278. The number of aromatic nitrogens is 2. The number of hydrogen-bond acceptors (Lipinski definition) is 4. The van der Waals surface area contributed by atoms with Crippen molar-refractivity contribution in [3.8, 4) is 0 Å². The molecule has 1 aromatic rings. The molecular weight excluding hydrogens is 242 g/mol. The Labute approximate surface area is 107 Å². The van der Waals surface area contributed by atoms with E-state index >= 15 is 0 Å². The molecule has 0 amide bonds. The van der Waals surface area contributed by atoms with E-state index in [1.54, 1.807) is 0 Å². The molecule has 1 N–H and O–H groups in total. The molecule has 0 saturated carbocycles. The highest BCUT2D eigenvalue weighted by atomic mass is 35.5. The maximum atomic E-state index is 5.61. The molecule has 92 valence electrons. The zero-order chi connectivity index (χ0) is 11.6. The molecule has 1 heterocycles. The molecule has 0 radical (unpaired) electrons. The number of alkyl halides is 1. The van der Waals surface area contributed by atoms with E-state index in [9.17, 15) is 0 Å². The summed E-state index contributed by atoms with van der Waals surface area (Å²) < 4.78 is 4.28. The first kappa shape index (κ1) is 13.7. The van der Waals surface area contributed by atoms with Crippen LogP contribution in [0.3, 0.4) is 0 Å². The van der Waals surface area contributed by atoms with Crippen LogP contribution in [0, 0.1) is 0 Å². The minimum absolute atomic E-state index is 0.782. The normalized spacial score (nSPS) is 10.6. The first-order valence-electron chi connectivity index (χ1n) is 5.99. The molecule has 0 aliphatic carbocycles. The number of rotatable bonds is 9. The standard InChI is InChI=1S/C11H20ClN3S/c1-2-7-10-14-11(16-15-10)13-9-6-4-3-5-8-12/h2-9H2,1H3,(H,13,14,15). The van der Waals surface area contributed by atoms with Crippen LogP contribution in [0.2, 0.25) is 0 Å². The Hall–Kier alpha value is -0.350. The van der Waals surface area contributed by atoms with Gasteiger partial charge in [-0.2, -0.15) is 4.37 Å². The molecule has 0 spiro atoms. The van der Waals surface area contributed by atoms with E-state index in [-0.39, 0.29) is 0 Å².